The van der Waals surface area contributed by atoms with E-state index >= 15 is 0 Å². The summed E-state index contributed by atoms with van der Waals surface area (Å²) in [5, 5.41) is 7.18. The van der Waals surface area contributed by atoms with Gasteiger partial charge in [0.15, 0.2) is 11.6 Å². The lowest BCUT2D eigenvalue weighted by Gasteiger charge is -2.23. The zero-order valence-electron chi connectivity index (χ0n) is 9.29. The van der Waals surface area contributed by atoms with Crippen molar-refractivity contribution in [2.75, 3.05) is 11.4 Å². The third-order valence-electron chi connectivity index (χ3n) is 2.67. The highest BCUT2D eigenvalue weighted by Gasteiger charge is 2.31. The molecule has 0 atom stereocenters. The molecule has 4 nitrogen and oxygen atoms in total. The number of rotatable bonds is 5. The second-order valence-electron chi connectivity index (χ2n) is 4.16. The van der Waals surface area contributed by atoms with Crippen molar-refractivity contribution in [3.8, 4) is 0 Å². The first kappa shape index (κ1) is 11.8. The maximum absolute atomic E-state index is 13.6. The van der Waals surface area contributed by atoms with Crippen LogP contribution in [0.5, 0.6) is 0 Å². The van der Waals surface area contributed by atoms with Gasteiger partial charge >= 0.3 is 0 Å². The van der Waals surface area contributed by atoms with Crippen LogP contribution in [0.1, 0.15) is 19.3 Å². The predicted molar refractivity (Wildman–Crippen MR) is 61.1 cm³/mol. The first-order valence-electron chi connectivity index (χ1n) is 5.48. The van der Waals surface area contributed by atoms with Gasteiger partial charge in [0.25, 0.3) is 0 Å². The van der Waals surface area contributed by atoms with Crippen molar-refractivity contribution in [2.45, 2.75) is 25.3 Å². The summed E-state index contributed by atoms with van der Waals surface area (Å²) in [6.07, 6.45) is 3.29. The van der Waals surface area contributed by atoms with Crippen molar-refractivity contribution in [2.24, 2.45) is 5.73 Å². The topological polar surface area (TPSA) is 66.0 Å². The molecule has 0 amide bonds. The fraction of sp³-hybridized carbons (Fsp3) is 0.455. The van der Waals surface area contributed by atoms with Crippen LogP contribution in [0.15, 0.2) is 12.3 Å². The zero-order chi connectivity index (χ0) is 12.4. The number of pyridine rings is 1. The maximum Gasteiger partial charge on any atom is 0.168 e. The quantitative estimate of drug-likeness (QED) is 0.607. The molecule has 0 spiro atoms. The molecule has 1 aromatic heterocycles. The van der Waals surface area contributed by atoms with Gasteiger partial charge in [-0.25, -0.2) is 13.8 Å². The van der Waals surface area contributed by atoms with E-state index in [0.29, 0.717) is 13.0 Å². The molecule has 0 aliphatic heterocycles. The van der Waals surface area contributed by atoms with E-state index in [1.165, 1.54) is 0 Å². The lowest BCUT2D eigenvalue weighted by Crippen LogP contribution is -2.31. The summed E-state index contributed by atoms with van der Waals surface area (Å²) in [5.41, 5.74) is 5.28. The number of aromatic nitrogens is 1. The van der Waals surface area contributed by atoms with Gasteiger partial charge in [0, 0.05) is 25.1 Å². The SMILES string of the molecule is N=C(N)CCN(c1ncc(F)cc1F)C1CC1. The highest BCUT2D eigenvalue weighted by Crippen LogP contribution is 2.32. The zero-order valence-corrected chi connectivity index (χ0v) is 9.29. The van der Waals surface area contributed by atoms with Gasteiger partial charge in [-0.15, -0.1) is 0 Å². The van der Waals surface area contributed by atoms with Crippen LogP contribution in [0.4, 0.5) is 14.6 Å². The molecule has 0 unspecified atom stereocenters. The second-order valence-corrected chi connectivity index (χ2v) is 4.16. The molecular formula is C11H14F2N4. The summed E-state index contributed by atoms with van der Waals surface area (Å²) in [7, 11) is 0. The predicted octanol–water partition coefficient (Wildman–Crippen LogP) is 1.65. The molecule has 1 aromatic rings. The van der Waals surface area contributed by atoms with E-state index in [2.05, 4.69) is 4.98 Å². The summed E-state index contributed by atoms with van der Waals surface area (Å²) >= 11 is 0. The van der Waals surface area contributed by atoms with Gasteiger partial charge in [-0.1, -0.05) is 0 Å². The van der Waals surface area contributed by atoms with Crippen molar-refractivity contribution in [3.05, 3.63) is 23.9 Å². The molecule has 17 heavy (non-hydrogen) atoms. The fourth-order valence-corrected chi connectivity index (χ4v) is 1.71. The molecule has 3 N–H and O–H groups in total. The molecule has 1 heterocycles. The Hall–Kier alpha value is -1.72. The molecule has 2 rings (SSSR count). The standard InChI is InChI=1S/C11H14F2N4/c12-7-5-9(13)11(16-6-7)17(8-1-2-8)4-3-10(14)15/h5-6,8H,1-4H2,(H3,14,15). The third-order valence-corrected chi connectivity index (χ3v) is 2.67. The molecule has 1 saturated carbocycles. The summed E-state index contributed by atoms with van der Waals surface area (Å²) in [6, 6.07) is 1.06. The van der Waals surface area contributed by atoms with Gasteiger partial charge in [0.05, 0.1) is 12.0 Å². The Morgan fingerprint density at radius 1 is 1.53 bits per heavy atom. The van der Waals surface area contributed by atoms with Crippen LogP contribution in [0.2, 0.25) is 0 Å². The lowest BCUT2D eigenvalue weighted by molar-refractivity contribution is 0.566. The summed E-state index contributed by atoms with van der Waals surface area (Å²) in [4.78, 5) is 5.54. The Morgan fingerprint density at radius 3 is 2.76 bits per heavy atom. The highest BCUT2D eigenvalue weighted by atomic mass is 19.1. The molecule has 0 bridgehead atoms. The molecule has 0 radical (unpaired) electrons. The normalized spacial score (nSPS) is 14.7. The number of nitrogens with one attached hydrogen (secondary N) is 1. The lowest BCUT2D eigenvalue weighted by atomic mass is 10.3. The van der Waals surface area contributed by atoms with Crippen LogP contribution in [-0.4, -0.2) is 23.4 Å². The van der Waals surface area contributed by atoms with Crippen LogP contribution in [0.3, 0.4) is 0 Å². The monoisotopic (exact) mass is 240 g/mol. The number of hydrogen-bond acceptors (Lipinski definition) is 3. The molecule has 0 saturated heterocycles. The number of amidine groups is 1. The minimum absolute atomic E-state index is 0.0539. The average Bonchev–Trinajstić information content (AvgIpc) is 3.04. The summed E-state index contributed by atoms with van der Waals surface area (Å²) in [5.74, 6) is -1.15. The van der Waals surface area contributed by atoms with Crippen LogP contribution in [0, 0.1) is 17.0 Å². The summed E-state index contributed by atoms with van der Waals surface area (Å²) < 4.78 is 26.4. The van der Waals surface area contributed by atoms with Crippen LogP contribution < -0.4 is 10.6 Å². The highest BCUT2D eigenvalue weighted by molar-refractivity contribution is 5.77. The Labute approximate surface area is 98.0 Å². The van der Waals surface area contributed by atoms with E-state index in [-0.39, 0.29) is 17.7 Å². The van der Waals surface area contributed by atoms with Crippen LogP contribution >= 0.6 is 0 Å². The molecule has 1 aliphatic carbocycles. The van der Waals surface area contributed by atoms with E-state index in [1.54, 1.807) is 4.90 Å². The van der Waals surface area contributed by atoms with Gasteiger partial charge in [0.2, 0.25) is 0 Å². The van der Waals surface area contributed by atoms with Crippen LogP contribution in [0.25, 0.3) is 0 Å². The van der Waals surface area contributed by atoms with Gasteiger partial charge in [0.1, 0.15) is 5.82 Å². The number of anilines is 1. The maximum atomic E-state index is 13.6. The van der Waals surface area contributed by atoms with Gasteiger partial charge in [-0.3, -0.25) is 5.41 Å². The molecule has 6 heteroatoms. The smallest absolute Gasteiger partial charge is 0.168 e. The molecule has 0 aromatic carbocycles. The number of halogens is 2. The van der Waals surface area contributed by atoms with Crippen LogP contribution in [-0.2, 0) is 0 Å². The first-order valence-corrected chi connectivity index (χ1v) is 5.48. The third kappa shape index (κ3) is 2.89. The number of nitrogens with zero attached hydrogens (tertiary/aromatic N) is 2. The second kappa shape index (κ2) is 4.65. The van der Waals surface area contributed by atoms with E-state index in [0.717, 1.165) is 25.1 Å². The van der Waals surface area contributed by atoms with E-state index in [9.17, 15) is 8.78 Å². The Morgan fingerprint density at radius 2 is 2.24 bits per heavy atom. The van der Waals surface area contributed by atoms with Crippen molar-refractivity contribution in [1.82, 2.24) is 4.98 Å². The van der Waals surface area contributed by atoms with Crippen molar-refractivity contribution in [1.29, 1.82) is 5.41 Å². The molecular weight excluding hydrogens is 226 g/mol. The number of nitrogens with two attached hydrogens (primary N) is 1. The van der Waals surface area contributed by atoms with Crippen molar-refractivity contribution >= 4 is 11.7 Å². The molecule has 1 fully saturated rings. The van der Waals surface area contributed by atoms with E-state index < -0.39 is 11.6 Å². The van der Waals surface area contributed by atoms with E-state index in [1.807, 2.05) is 0 Å². The van der Waals surface area contributed by atoms with Gasteiger partial charge < -0.3 is 10.6 Å². The Bertz CT molecular complexity index is 431. The summed E-state index contributed by atoms with van der Waals surface area (Å²) in [6.45, 7) is 0.440. The minimum Gasteiger partial charge on any atom is -0.388 e. The van der Waals surface area contributed by atoms with Crippen molar-refractivity contribution < 1.29 is 8.78 Å². The van der Waals surface area contributed by atoms with Crippen molar-refractivity contribution in [3.63, 3.8) is 0 Å². The fourth-order valence-electron chi connectivity index (χ4n) is 1.71. The largest absolute Gasteiger partial charge is 0.388 e. The molecule has 92 valence electrons. The van der Waals surface area contributed by atoms with Gasteiger partial charge in [-0.2, -0.15) is 0 Å². The Kier molecular flexibility index (Phi) is 3.21. The Balaban J connectivity index is 2.17. The van der Waals surface area contributed by atoms with E-state index in [4.69, 9.17) is 11.1 Å². The molecule has 1 aliphatic rings. The average molecular weight is 240 g/mol. The van der Waals surface area contributed by atoms with Gasteiger partial charge in [-0.05, 0) is 12.8 Å². The number of hydrogen-bond donors (Lipinski definition) is 2. The first-order chi connectivity index (χ1) is 8.08. The minimum atomic E-state index is -0.687.